The van der Waals surface area contributed by atoms with Crippen LogP contribution < -0.4 is 9.04 Å². The van der Waals surface area contributed by atoms with E-state index in [4.69, 9.17) is 4.74 Å². The van der Waals surface area contributed by atoms with E-state index in [9.17, 15) is 22.7 Å². The Morgan fingerprint density at radius 1 is 1.03 bits per heavy atom. The van der Waals surface area contributed by atoms with Crippen LogP contribution >= 0.6 is 0 Å². The molecule has 4 rings (SSSR count). The molecule has 0 atom stereocenters. The smallest absolute Gasteiger partial charge is 0.264 e. The number of sulfonamides is 1. The number of para-hydroxylation sites is 2. The fourth-order valence-corrected chi connectivity index (χ4v) is 6.07. The molecule has 37 heavy (non-hydrogen) atoms. The Bertz CT molecular complexity index is 1310. The number of benzene rings is 3. The number of nitrogens with zero attached hydrogens (tertiary/aromatic N) is 2. The fourth-order valence-electron chi connectivity index (χ4n) is 4.60. The maximum Gasteiger partial charge on any atom is 0.264 e. The molecule has 1 saturated heterocycles. The second-order valence-electron chi connectivity index (χ2n) is 9.04. The summed E-state index contributed by atoms with van der Waals surface area (Å²) in [5.41, 5.74) is 1.58. The molecule has 0 aromatic heterocycles. The predicted molar refractivity (Wildman–Crippen MR) is 140 cm³/mol. The first-order valence-electron chi connectivity index (χ1n) is 12.2. The first-order chi connectivity index (χ1) is 17.8. The summed E-state index contributed by atoms with van der Waals surface area (Å²) in [6.07, 6.45) is 1.31. The molecule has 196 valence electrons. The Labute approximate surface area is 217 Å². The topological polar surface area (TPSA) is 87.2 Å². The summed E-state index contributed by atoms with van der Waals surface area (Å²) in [4.78, 5) is 15.1. The summed E-state index contributed by atoms with van der Waals surface area (Å²) < 4.78 is 47.5. The quantitative estimate of drug-likeness (QED) is 0.400. The van der Waals surface area contributed by atoms with E-state index in [0.29, 0.717) is 55.0 Å². The lowest BCUT2D eigenvalue weighted by atomic mass is 9.89. The Morgan fingerprint density at radius 2 is 1.68 bits per heavy atom. The van der Waals surface area contributed by atoms with E-state index in [-0.39, 0.29) is 35.6 Å². The SMILES string of the molecule is COc1ccccc1N(CCN1CCC(C(=O)c2ccc(F)cc2)CC1)S(=O)(=O)c1ccc(CO)cc1. The van der Waals surface area contributed by atoms with E-state index < -0.39 is 10.0 Å². The van der Waals surface area contributed by atoms with Gasteiger partial charge >= 0.3 is 0 Å². The van der Waals surface area contributed by atoms with Gasteiger partial charge in [-0.1, -0.05) is 24.3 Å². The molecule has 0 spiro atoms. The minimum Gasteiger partial charge on any atom is -0.495 e. The molecule has 0 aliphatic carbocycles. The van der Waals surface area contributed by atoms with Gasteiger partial charge < -0.3 is 14.7 Å². The second kappa shape index (κ2) is 11.9. The van der Waals surface area contributed by atoms with Crippen molar-refractivity contribution in [3.8, 4) is 5.75 Å². The van der Waals surface area contributed by atoms with E-state index >= 15 is 0 Å². The number of methoxy groups -OCH3 is 1. The number of likely N-dealkylation sites (tertiary alicyclic amines) is 1. The van der Waals surface area contributed by atoms with Crippen LogP contribution in [0.2, 0.25) is 0 Å². The summed E-state index contributed by atoms with van der Waals surface area (Å²) in [5.74, 6) is -0.0445. The average Bonchev–Trinajstić information content (AvgIpc) is 2.93. The molecule has 7 nitrogen and oxygen atoms in total. The van der Waals surface area contributed by atoms with Crippen LogP contribution in [-0.4, -0.2) is 57.5 Å². The van der Waals surface area contributed by atoms with Crippen molar-refractivity contribution in [2.75, 3.05) is 37.6 Å². The van der Waals surface area contributed by atoms with Gasteiger partial charge in [0.25, 0.3) is 10.0 Å². The fraction of sp³-hybridized carbons (Fsp3) is 0.321. The number of ketones is 1. The largest absolute Gasteiger partial charge is 0.495 e. The Hall–Kier alpha value is -3.27. The number of hydrogen-bond donors (Lipinski definition) is 1. The number of carbonyl (C=O) groups excluding carboxylic acids is 1. The molecule has 1 N–H and O–H groups in total. The van der Waals surface area contributed by atoms with Crippen LogP contribution in [-0.2, 0) is 16.6 Å². The number of Topliss-reactive ketones (excluding diaryl/α,β-unsaturated/α-hetero) is 1. The van der Waals surface area contributed by atoms with Gasteiger partial charge in [-0.05, 0) is 80.0 Å². The van der Waals surface area contributed by atoms with Crippen molar-refractivity contribution in [3.63, 3.8) is 0 Å². The van der Waals surface area contributed by atoms with Crippen LogP contribution in [0.4, 0.5) is 10.1 Å². The van der Waals surface area contributed by atoms with E-state index in [1.165, 1.54) is 47.8 Å². The van der Waals surface area contributed by atoms with Gasteiger partial charge in [0.05, 0.1) is 24.3 Å². The third-order valence-corrected chi connectivity index (χ3v) is 8.58. The van der Waals surface area contributed by atoms with Crippen LogP contribution in [0.25, 0.3) is 0 Å². The van der Waals surface area contributed by atoms with E-state index in [2.05, 4.69) is 4.90 Å². The monoisotopic (exact) mass is 526 g/mol. The lowest BCUT2D eigenvalue weighted by Gasteiger charge is -2.33. The van der Waals surface area contributed by atoms with Gasteiger partial charge in [0.1, 0.15) is 11.6 Å². The molecule has 0 unspecified atom stereocenters. The van der Waals surface area contributed by atoms with Crippen molar-refractivity contribution in [2.45, 2.75) is 24.3 Å². The molecule has 1 aliphatic heterocycles. The zero-order valence-corrected chi connectivity index (χ0v) is 21.5. The van der Waals surface area contributed by atoms with Crippen molar-refractivity contribution < 1.29 is 27.4 Å². The molecule has 0 amide bonds. The Balaban J connectivity index is 1.48. The predicted octanol–water partition coefficient (Wildman–Crippen LogP) is 4.12. The number of halogens is 1. The van der Waals surface area contributed by atoms with Crippen LogP contribution in [0.1, 0.15) is 28.8 Å². The molecule has 0 radical (unpaired) electrons. The minimum atomic E-state index is -3.92. The van der Waals surface area contributed by atoms with Crippen LogP contribution in [0.3, 0.4) is 0 Å². The lowest BCUT2D eigenvalue weighted by Crippen LogP contribution is -2.43. The minimum absolute atomic E-state index is 0.0178. The summed E-state index contributed by atoms with van der Waals surface area (Å²) in [6.45, 7) is 1.81. The lowest BCUT2D eigenvalue weighted by molar-refractivity contribution is 0.0843. The normalized spacial score (nSPS) is 14.9. The Kier molecular flexibility index (Phi) is 8.58. The molecule has 3 aromatic carbocycles. The highest BCUT2D eigenvalue weighted by Crippen LogP contribution is 2.32. The second-order valence-corrected chi connectivity index (χ2v) is 10.9. The zero-order chi connectivity index (χ0) is 26.4. The van der Waals surface area contributed by atoms with Gasteiger partial charge in [0.15, 0.2) is 5.78 Å². The highest BCUT2D eigenvalue weighted by atomic mass is 32.2. The number of aliphatic hydroxyl groups is 1. The van der Waals surface area contributed by atoms with Crippen molar-refractivity contribution in [1.29, 1.82) is 0 Å². The van der Waals surface area contributed by atoms with Gasteiger partial charge in [-0.3, -0.25) is 9.10 Å². The summed E-state index contributed by atoms with van der Waals surface area (Å²) >= 11 is 0. The molecule has 9 heteroatoms. The van der Waals surface area contributed by atoms with Gasteiger partial charge in [-0.15, -0.1) is 0 Å². The van der Waals surface area contributed by atoms with Crippen LogP contribution in [0, 0.1) is 11.7 Å². The number of ether oxygens (including phenoxy) is 1. The third-order valence-electron chi connectivity index (χ3n) is 6.75. The highest BCUT2D eigenvalue weighted by molar-refractivity contribution is 7.92. The first-order valence-corrected chi connectivity index (χ1v) is 13.6. The molecular formula is C28H31FN2O5S. The third kappa shape index (κ3) is 6.18. The zero-order valence-electron chi connectivity index (χ0n) is 20.7. The maximum absolute atomic E-state index is 13.7. The first kappa shape index (κ1) is 26.8. The molecular weight excluding hydrogens is 495 g/mol. The molecule has 3 aromatic rings. The van der Waals surface area contributed by atoms with E-state index in [0.717, 1.165) is 0 Å². The molecule has 1 aliphatic rings. The molecule has 0 bridgehead atoms. The highest BCUT2D eigenvalue weighted by Gasteiger charge is 2.30. The standard InChI is InChI=1S/C28H31FN2O5S/c1-36-27-5-3-2-4-26(27)31(37(34,35)25-12-6-21(20-32)7-13-25)19-18-30-16-14-23(15-17-30)28(33)22-8-10-24(29)11-9-22/h2-13,23,32H,14-20H2,1H3. The maximum atomic E-state index is 13.7. The number of anilines is 1. The molecule has 0 saturated carbocycles. The number of carbonyl (C=O) groups is 1. The van der Waals surface area contributed by atoms with Crippen LogP contribution in [0.5, 0.6) is 5.75 Å². The van der Waals surface area contributed by atoms with E-state index in [1.807, 2.05) is 0 Å². The van der Waals surface area contributed by atoms with Crippen molar-refractivity contribution >= 4 is 21.5 Å². The van der Waals surface area contributed by atoms with E-state index in [1.54, 1.807) is 36.4 Å². The number of piperidine rings is 1. The molecule has 1 heterocycles. The van der Waals surface area contributed by atoms with Gasteiger partial charge in [-0.25, -0.2) is 12.8 Å². The summed E-state index contributed by atoms with van der Waals surface area (Å²) in [5, 5.41) is 9.33. The van der Waals surface area contributed by atoms with Crippen molar-refractivity contribution in [2.24, 2.45) is 5.92 Å². The Morgan fingerprint density at radius 3 is 2.30 bits per heavy atom. The van der Waals surface area contributed by atoms with Crippen LogP contribution in [0.15, 0.2) is 77.7 Å². The van der Waals surface area contributed by atoms with Gasteiger partial charge in [0, 0.05) is 24.6 Å². The van der Waals surface area contributed by atoms with Crippen molar-refractivity contribution in [1.82, 2.24) is 4.90 Å². The van der Waals surface area contributed by atoms with Crippen molar-refractivity contribution in [3.05, 3.63) is 89.7 Å². The number of aliphatic hydroxyl groups excluding tert-OH is 1. The summed E-state index contributed by atoms with van der Waals surface area (Å²) in [6, 6.07) is 18.8. The number of hydrogen-bond acceptors (Lipinski definition) is 6. The molecule has 1 fully saturated rings. The van der Waals surface area contributed by atoms with Gasteiger partial charge in [0.2, 0.25) is 0 Å². The number of rotatable bonds is 10. The van der Waals surface area contributed by atoms with Gasteiger partial charge in [-0.2, -0.15) is 0 Å². The summed E-state index contributed by atoms with van der Waals surface area (Å²) in [7, 11) is -2.41. The average molecular weight is 527 g/mol.